The molecule has 0 heterocycles. The van der Waals surface area contributed by atoms with Crippen molar-refractivity contribution < 1.29 is 4.79 Å². The Hall–Kier alpha value is 0.250. The Bertz CT molecular complexity index is 152. The van der Waals surface area contributed by atoms with Crippen LogP contribution in [0.5, 0.6) is 0 Å². The van der Waals surface area contributed by atoms with Crippen LogP contribution in [-0.2, 0) is 4.79 Å². The van der Waals surface area contributed by atoms with Crippen LogP contribution in [0.15, 0.2) is 0 Å². The molecule has 0 amide bonds. The molecule has 0 spiro atoms. The quantitative estimate of drug-likeness (QED) is 0.264. The Morgan fingerprint density at radius 2 is 0.895 bits per heavy atom. The monoisotopic (exact) mass is 312 g/mol. The Morgan fingerprint density at radius 1 is 0.579 bits per heavy atom. The third-order valence-electron chi connectivity index (χ3n) is 3.43. The lowest BCUT2D eigenvalue weighted by Crippen LogP contribution is -1.83. The van der Waals surface area contributed by atoms with Crippen LogP contribution in [0.4, 0.5) is 0 Å². The molecule has 0 saturated heterocycles. The number of carbonyl (C=O) groups is 1. The molecule has 19 heavy (non-hydrogen) atoms. The summed E-state index contributed by atoms with van der Waals surface area (Å²) in [6, 6.07) is 0. The van der Waals surface area contributed by atoms with E-state index in [0.29, 0.717) is 0 Å². The van der Waals surface area contributed by atoms with Gasteiger partial charge < -0.3 is 4.79 Å². The highest BCUT2D eigenvalue weighted by Crippen LogP contribution is 2.12. The Balaban J connectivity index is -0.00000128. The molecule has 0 aliphatic carbocycles. The molecule has 0 aromatic carbocycles. The Morgan fingerprint density at radius 3 is 1.21 bits per heavy atom. The summed E-state index contributed by atoms with van der Waals surface area (Å²) in [4.78, 5) is 10.1. The van der Waals surface area contributed by atoms with Crippen LogP contribution in [0.2, 0.25) is 0 Å². The molecular weight excluding hydrogens is 279 g/mol. The van der Waals surface area contributed by atoms with Gasteiger partial charge in [-0.15, -0.1) is 24.8 Å². The van der Waals surface area contributed by atoms with Crippen molar-refractivity contribution in [3.05, 3.63) is 0 Å². The first-order valence-electron chi connectivity index (χ1n) is 7.85. The van der Waals surface area contributed by atoms with E-state index in [0.717, 1.165) is 19.1 Å². The van der Waals surface area contributed by atoms with Gasteiger partial charge in [0.05, 0.1) is 0 Å². The lowest BCUT2D eigenvalue weighted by molar-refractivity contribution is -0.107. The first-order valence-corrected chi connectivity index (χ1v) is 7.85. The molecule has 3 heteroatoms. The van der Waals surface area contributed by atoms with Gasteiger partial charge in [0, 0.05) is 6.42 Å². The second kappa shape index (κ2) is 23.4. The maximum absolute atomic E-state index is 10.1. The zero-order valence-electron chi connectivity index (χ0n) is 12.7. The van der Waals surface area contributed by atoms with Crippen molar-refractivity contribution in [1.29, 1.82) is 0 Å². The van der Waals surface area contributed by atoms with Crippen molar-refractivity contribution in [2.45, 2.75) is 96.8 Å². The van der Waals surface area contributed by atoms with Gasteiger partial charge in [-0.1, -0.05) is 84.0 Å². The largest absolute Gasteiger partial charge is 0.303 e. The Kier molecular flexibility index (Phi) is 29.8. The minimum Gasteiger partial charge on any atom is -0.303 e. The van der Waals surface area contributed by atoms with Crippen molar-refractivity contribution in [1.82, 2.24) is 0 Å². The van der Waals surface area contributed by atoms with E-state index in [9.17, 15) is 4.79 Å². The lowest BCUT2D eigenvalue weighted by atomic mass is 10.0. The summed E-state index contributed by atoms with van der Waals surface area (Å²) in [7, 11) is 0. The lowest BCUT2D eigenvalue weighted by Gasteiger charge is -2.02. The van der Waals surface area contributed by atoms with Crippen LogP contribution in [0, 0.1) is 0 Å². The number of rotatable bonds is 14. The minimum absolute atomic E-state index is 0. The summed E-state index contributed by atoms with van der Waals surface area (Å²) in [6.07, 6.45) is 19.6. The van der Waals surface area contributed by atoms with Crippen LogP contribution in [0.1, 0.15) is 96.8 Å². The molecule has 0 atom stereocenters. The summed E-state index contributed by atoms with van der Waals surface area (Å²) in [6.45, 7) is 2.27. The van der Waals surface area contributed by atoms with E-state index < -0.39 is 0 Å². The van der Waals surface area contributed by atoms with Crippen molar-refractivity contribution in [2.75, 3.05) is 0 Å². The van der Waals surface area contributed by atoms with Crippen molar-refractivity contribution in [2.24, 2.45) is 0 Å². The normalized spacial score (nSPS) is 9.53. The van der Waals surface area contributed by atoms with E-state index in [2.05, 4.69) is 6.92 Å². The summed E-state index contributed by atoms with van der Waals surface area (Å²) < 4.78 is 0. The van der Waals surface area contributed by atoms with Gasteiger partial charge in [-0.3, -0.25) is 0 Å². The van der Waals surface area contributed by atoms with Crippen LogP contribution in [-0.4, -0.2) is 6.29 Å². The van der Waals surface area contributed by atoms with Crippen molar-refractivity contribution >= 4 is 31.1 Å². The smallest absolute Gasteiger partial charge is 0.119 e. The number of carbonyl (C=O) groups excluding carboxylic acids is 1. The fourth-order valence-corrected chi connectivity index (χ4v) is 2.25. The van der Waals surface area contributed by atoms with E-state index in [4.69, 9.17) is 0 Å². The standard InChI is InChI=1S/C16H32O.2ClH/c1-2-3-4-5-6-7-8-9-10-11-12-13-14-15-16-17;;/h16H,2-15H2,1H3;2*1H. The average Bonchev–Trinajstić information content (AvgIpc) is 2.35. The minimum atomic E-state index is 0. The zero-order chi connectivity index (χ0) is 12.6. The third kappa shape index (κ3) is 23.7. The second-order valence-corrected chi connectivity index (χ2v) is 5.20. The molecule has 0 N–H and O–H groups in total. The van der Waals surface area contributed by atoms with E-state index in [-0.39, 0.29) is 24.8 Å². The third-order valence-corrected chi connectivity index (χ3v) is 3.43. The molecule has 0 aliphatic heterocycles. The maximum Gasteiger partial charge on any atom is 0.119 e. The summed E-state index contributed by atoms with van der Waals surface area (Å²) in [5, 5.41) is 0. The highest BCUT2D eigenvalue weighted by atomic mass is 35.5. The number of aldehydes is 1. The second-order valence-electron chi connectivity index (χ2n) is 5.20. The number of hydrogen-bond donors (Lipinski definition) is 0. The summed E-state index contributed by atoms with van der Waals surface area (Å²) in [5.74, 6) is 0. The molecule has 0 fully saturated rings. The molecule has 0 rings (SSSR count). The van der Waals surface area contributed by atoms with Gasteiger partial charge in [0.1, 0.15) is 6.29 Å². The maximum atomic E-state index is 10.1. The van der Waals surface area contributed by atoms with E-state index >= 15 is 0 Å². The number of unbranched alkanes of at least 4 members (excludes halogenated alkanes) is 13. The fraction of sp³-hybridized carbons (Fsp3) is 0.938. The number of hydrogen-bond acceptors (Lipinski definition) is 1. The van der Waals surface area contributed by atoms with Gasteiger partial charge in [-0.25, -0.2) is 0 Å². The van der Waals surface area contributed by atoms with Crippen molar-refractivity contribution in [3.8, 4) is 0 Å². The molecule has 0 radical (unpaired) electrons. The molecule has 118 valence electrons. The van der Waals surface area contributed by atoms with Gasteiger partial charge in [0.25, 0.3) is 0 Å². The van der Waals surface area contributed by atoms with Crippen LogP contribution >= 0.6 is 24.8 Å². The molecule has 0 aliphatic rings. The number of halogens is 2. The first-order chi connectivity index (χ1) is 8.41. The average molecular weight is 313 g/mol. The molecule has 0 bridgehead atoms. The van der Waals surface area contributed by atoms with Crippen LogP contribution in [0.3, 0.4) is 0 Å². The summed E-state index contributed by atoms with van der Waals surface area (Å²) in [5.41, 5.74) is 0. The van der Waals surface area contributed by atoms with Gasteiger partial charge in [0.2, 0.25) is 0 Å². The molecule has 0 aromatic rings. The highest BCUT2D eigenvalue weighted by molar-refractivity contribution is 5.85. The summed E-state index contributed by atoms with van der Waals surface area (Å²) >= 11 is 0. The van der Waals surface area contributed by atoms with E-state index in [1.165, 1.54) is 77.0 Å². The van der Waals surface area contributed by atoms with Gasteiger partial charge in [0.15, 0.2) is 0 Å². The highest BCUT2D eigenvalue weighted by Gasteiger charge is 1.93. The Labute approximate surface area is 133 Å². The van der Waals surface area contributed by atoms with E-state index in [1.54, 1.807) is 0 Å². The predicted octanol–water partition coefficient (Wildman–Crippen LogP) is 6.51. The first kappa shape index (κ1) is 24.3. The predicted molar refractivity (Wildman–Crippen MR) is 90.9 cm³/mol. The van der Waals surface area contributed by atoms with Crippen LogP contribution in [0.25, 0.3) is 0 Å². The molecule has 0 aromatic heterocycles. The molecule has 0 saturated carbocycles. The molecule has 0 unspecified atom stereocenters. The molecule has 1 nitrogen and oxygen atoms in total. The van der Waals surface area contributed by atoms with Gasteiger partial charge in [-0.05, 0) is 6.42 Å². The van der Waals surface area contributed by atoms with Gasteiger partial charge in [-0.2, -0.15) is 0 Å². The van der Waals surface area contributed by atoms with Crippen LogP contribution < -0.4 is 0 Å². The van der Waals surface area contributed by atoms with E-state index in [1.807, 2.05) is 0 Å². The van der Waals surface area contributed by atoms with Crippen molar-refractivity contribution in [3.63, 3.8) is 0 Å². The van der Waals surface area contributed by atoms with Gasteiger partial charge >= 0.3 is 0 Å². The molecular formula is C16H34Cl2O. The topological polar surface area (TPSA) is 17.1 Å². The SMILES string of the molecule is CCCCCCCCCCCCCCCC=O.Cl.Cl. The fourth-order valence-electron chi connectivity index (χ4n) is 2.25. The zero-order valence-corrected chi connectivity index (χ0v) is 14.3.